The number of aromatic nitrogens is 1. The molecule has 1 aromatic rings. The second kappa shape index (κ2) is 3.14. The van der Waals surface area contributed by atoms with Gasteiger partial charge in [-0.2, -0.15) is 0 Å². The summed E-state index contributed by atoms with van der Waals surface area (Å²) in [5, 5.41) is 13.5. The highest BCUT2D eigenvalue weighted by molar-refractivity contribution is 5.11. The number of rotatable bonds is 3. The Kier molecular flexibility index (Phi) is 2.20. The number of hydrogen-bond donors (Lipinski definition) is 0. The average Bonchev–Trinajstić information content (AvgIpc) is 2.31. The van der Waals surface area contributed by atoms with Crippen LogP contribution in [0.5, 0.6) is 0 Å². The highest BCUT2D eigenvalue weighted by atomic mass is 16.6. The molecule has 11 heavy (non-hydrogen) atoms. The van der Waals surface area contributed by atoms with Gasteiger partial charge in [0.25, 0.3) is 0 Å². The van der Waals surface area contributed by atoms with Crippen LogP contribution < -0.4 is 0 Å². The van der Waals surface area contributed by atoms with Gasteiger partial charge in [-0.05, 0) is 6.92 Å². The van der Waals surface area contributed by atoms with Crippen LogP contribution in [0.15, 0.2) is 10.7 Å². The Bertz CT molecular complexity index is 256. The van der Waals surface area contributed by atoms with E-state index in [2.05, 4.69) is 5.16 Å². The first-order chi connectivity index (χ1) is 5.20. The molecule has 0 fully saturated rings. The van der Waals surface area contributed by atoms with E-state index >= 15 is 0 Å². The van der Waals surface area contributed by atoms with Crippen LogP contribution in [0.2, 0.25) is 0 Å². The zero-order valence-electron chi connectivity index (χ0n) is 6.11. The first-order valence-electron chi connectivity index (χ1n) is 3.22. The first-order valence-corrected chi connectivity index (χ1v) is 3.22. The zero-order chi connectivity index (χ0) is 8.27. The Morgan fingerprint density at radius 2 is 2.55 bits per heavy atom. The molecule has 1 aromatic heterocycles. The summed E-state index contributed by atoms with van der Waals surface area (Å²) < 4.78 is 4.72. The molecule has 60 valence electrons. The summed E-state index contributed by atoms with van der Waals surface area (Å²) >= 11 is 0. The smallest absolute Gasteiger partial charge is 0.208 e. The molecule has 1 rings (SSSR count). The van der Waals surface area contributed by atoms with Crippen molar-refractivity contribution < 1.29 is 9.45 Å². The summed E-state index contributed by atoms with van der Waals surface area (Å²) in [6.45, 7) is 1.67. The zero-order valence-corrected chi connectivity index (χ0v) is 6.11. The lowest BCUT2D eigenvalue weighted by atomic mass is 10.2. The maximum Gasteiger partial charge on any atom is 0.208 e. The summed E-state index contributed by atoms with van der Waals surface area (Å²) in [6.07, 6.45) is 1.90. The molecular weight excluding hydrogens is 148 g/mol. The minimum absolute atomic E-state index is 0.0674. The molecule has 0 spiro atoms. The molecule has 0 saturated heterocycles. The molecule has 0 saturated carbocycles. The lowest BCUT2D eigenvalue weighted by Gasteiger charge is -1.90. The fraction of sp³-hybridized carbons (Fsp3) is 0.500. The van der Waals surface area contributed by atoms with Crippen LogP contribution in [-0.4, -0.2) is 16.6 Å². The number of nitrogens with zero attached hydrogens (tertiary/aromatic N) is 2. The van der Waals surface area contributed by atoms with Gasteiger partial charge < -0.3 is 4.52 Å². The average molecular weight is 156 g/mol. The molecule has 5 nitrogen and oxygen atoms in total. The molecule has 0 amide bonds. The van der Waals surface area contributed by atoms with E-state index in [0.717, 1.165) is 5.56 Å². The Balaban J connectivity index is 2.51. The van der Waals surface area contributed by atoms with E-state index in [9.17, 15) is 10.1 Å². The molecule has 5 heteroatoms. The van der Waals surface area contributed by atoms with Crippen molar-refractivity contribution in [2.75, 3.05) is 6.54 Å². The fourth-order valence-electron chi connectivity index (χ4n) is 0.771. The van der Waals surface area contributed by atoms with Crippen molar-refractivity contribution in [3.8, 4) is 0 Å². The van der Waals surface area contributed by atoms with Crippen molar-refractivity contribution in [3.05, 3.63) is 27.6 Å². The highest BCUT2D eigenvalue weighted by Gasteiger charge is 2.05. The molecular formula is C6H8N2O3. The van der Waals surface area contributed by atoms with Gasteiger partial charge in [0, 0.05) is 16.9 Å². The quantitative estimate of drug-likeness (QED) is 0.479. The summed E-state index contributed by atoms with van der Waals surface area (Å²) in [4.78, 5) is 9.61. The van der Waals surface area contributed by atoms with E-state index in [1.165, 1.54) is 6.20 Å². The van der Waals surface area contributed by atoms with Crippen LogP contribution in [0.25, 0.3) is 0 Å². The monoisotopic (exact) mass is 156 g/mol. The van der Waals surface area contributed by atoms with Gasteiger partial charge in [0.15, 0.2) is 0 Å². The molecule has 0 atom stereocenters. The second-order valence-electron chi connectivity index (χ2n) is 2.21. The second-order valence-corrected chi connectivity index (χ2v) is 2.21. The number of hydrogen-bond acceptors (Lipinski definition) is 4. The van der Waals surface area contributed by atoms with Crippen LogP contribution >= 0.6 is 0 Å². The van der Waals surface area contributed by atoms with Crippen molar-refractivity contribution in [1.29, 1.82) is 0 Å². The minimum atomic E-state index is -0.355. The third-order valence-electron chi connectivity index (χ3n) is 1.41. The van der Waals surface area contributed by atoms with E-state index in [-0.39, 0.29) is 11.5 Å². The van der Waals surface area contributed by atoms with Gasteiger partial charge >= 0.3 is 0 Å². The van der Waals surface area contributed by atoms with E-state index in [1.807, 2.05) is 0 Å². The third kappa shape index (κ3) is 2.03. The SMILES string of the molecule is Cc1oncc1CC[N+](=O)[O-]. The third-order valence-corrected chi connectivity index (χ3v) is 1.41. The molecule has 0 bridgehead atoms. The van der Waals surface area contributed by atoms with Gasteiger partial charge in [-0.1, -0.05) is 5.16 Å². The lowest BCUT2D eigenvalue weighted by Crippen LogP contribution is -2.03. The predicted molar refractivity (Wildman–Crippen MR) is 36.8 cm³/mol. The molecule has 0 unspecified atom stereocenters. The van der Waals surface area contributed by atoms with Crippen molar-refractivity contribution in [2.24, 2.45) is 0 Å². The summed E-state index contributed by atoms with van der Waals surface area (Å²) in [5.41, 5.74) is 0.807. The van der Waals surface area contributed by atoms with E-state index in [0.29, 0.717) is 12.2 Å². The van der Waals surface area contributed by atoms with Gasteiger partial charge in [-0.15, -0.1) is 0 Å². The van der Waals surface area contributed by atoms with Gasteiger partial charge in [-0.3, -0.25) is 10.1 Å². The number of aryl methyl sites for hydroxylation is 1. The van der Waals surface area contributed by atoms with Crippen LogP contribution in [0, 0.1) is 17.0 Å². The van der Waals surface area contributed by atoms with E-state index in [1.54, 1.807) is 6.92 Å². The van der Waals surface area contributed by atoms with Gasteiger partial charge in [0.05, 0.1) is 6.20 Å². The minimum Gasteiger partial charge on any atom is -0.361 e. The van der Waals surface area contributed by atoms with Crippen molar-refractivity contribution in [1.82, 2.24) is 5.16 Å². The molecule has 1 heterocycles. The first kappa shape index (κ1) is 7.71. The normalized spacial score (nSPS) is 9.91. The van der Waals surface area contributed by atoms with Gasteiger partial charge in [-0.25, -0.2) is 0 Å². The Hall–Kier alpha value is -1.39. The Labute approximate surface area is 63.1 Å². The highest BCUT2D eigenvalue weighted by Crippen LogP contribution is 2.05. The van der Waals surface area contributed by atoms with Crippen molar-refractivity contribution >= 4 is 0 Å². The van der Waals surface area contributed by atoms with Gasteiger partial charge in [0.1, 0.15) is 5.76 Å². The van der Waals surface area contributed by atoms with Crippen LogP contribution in [-0.2, 0) is 6.42 Å². The van der Waals surface area contributed by atoms with Crippen LogP contribution in [0.1, 0.15) is 11.3 Å². The Morgan fingerprint density at radius 1 is 1.82 bits per heavy atom. The molecule has 0 aliphatic heterocycles. The molecule has 0 aliphatic rings. The standard InChI is InChI=1S/C6H8N2O3/c1-5-6(4-7-11-5)2-3-8(9)10/h4H,2-3H2,1H3. The van der Waals surface area contributed by atoms with Crippen LogP contribution in [0.4, 0.5) is 0 Å². The van der Waals surface area contributed by atoms with Gasteiger partial charge in [0.2, 0.25) is 6.54 Å². The fourth-order valence-corrected chi connectivity index (χ4v) is 0.771. The maximum absolute atomic E-state index is 9.96. The summed E-state index contributed by atoms with van der Waals surface area (Å²) in [6, 6.07) is 0. The number of nitro groups is 1. The van der Waals surface area contributed by atoms with E-state index < -0.39 is 0 Å². The van der Waals surface area contributed by atoms with Crippen molar-refractivity contribution in [2.45, 2.75) is 13.3 Å². The topological polar surface area (TPSA) is 69.2 Å². The molecule has 0 aromatic carbocycles. The van der Waals surface area contributed by atoms with Crippen molar-refractivity contribution in [3.63, 3.8) is 0 Å². The molecule has 0 N–H and O–H groups in total. The van der Waals surface area contributed by atoms with E-state index in [4.69, 9.17) is 4.52 Å². The predicted octanol–water partition coefficient (Wildman–Crippen LogP) is 0.802. The van der Waals surface area contributed by atoms with Crippen LogP contribution in [0.3, 0.4) is 0 Å². The molecule has 0 aliphatic carbocycles. The largest absolute Gasteiger partial charge is 0.361 e. The summed E-state index contributed by atoms with van der Waals surface area (Å²) in [5.74, 6) is 0.659. The lowest BCUT2D eigenvalue weighted by molar-refractivity contribution is -0.479. The Morgan fingerprint density at radius 3 is 3.00 bits per heavy atom. The summed E-state index contributed by atoms with van der Waals surface area (Å²) in [7, 11) is 0. The molecule has 0 radical (unpaired) electrons. The maximum atomic E-state index is 9.96.